The highest BCUT2D eigenvalue weighted by molar-refractivity contribution is 9.11. The van der Waals surface area contributed by atoms with Crippen LogP contribution in [0.15, 0.2) is 45.3 Å². The maximum Gasteiger partial charge on any atom is 0.292 e. The molecule has 0 aliphatic rings. The first-order chi connectivity index (χ1) is 9.88. The number of benzene rings is 2. The summed E-state index contributed by atoms with van der Waals surface area (Å²) in [7, 11) is 0. The Kier molecular flexibility index (Phi) is 4.97. The van der Waals surface area contributed by atoms with Crippen molar-refractivity contribution in [1.82, 2.24) is 0 Å². The van der Waals surface area contributed by atoms with Gasteiger partial charge in [0.15, 0.2) is 0 Å². The molecule has 5 nitrogen and oxygen atoms in total. The number of nitrogens with one attached hydrogen (secondary N) is 1. The van der Waals surface area contributed by atoms with Gasteiger partial charge in [-0.3, -0.25) is 14.9 Å². The zero-order valence-corrected chi connectivity index (χ0v) is 14.2. The SMILES string of the molecule is O=C(Nc1cc(Cl)ccc1[N+](=O)[O-])c1ccc(Br)cc1Br. The van der Waals surface area contributed by atoms with E-state index in [0.29, 0.717) is 15.1 Å². The van der Waals surface area contributed by atoms with E-state index in [-0.39, 0.29) is 11.4 Å². The first-order valence-corrected chi connectivity index (χ1v) is 7.55. The molecule has 0 radical (unpaired) electrons. The molecule has 0 saturated carbocycles. The number of nitrogens with zero attached hydrogens (tertiary/aromatic N) is 1. The van der Waals surface area contributed by atoms with E-state index < -0.39 is 10.8 Å². The Morgan fingerprint density at radius 2 is 1.90 bits per heavy atom. The fourth-order valence-electron chi connectivity index (χ4n) is 1.63. The topological polar surface area (TPSA) is 72.2 Å². The van der Waals surface area contributed by atoms with Crippen LogP contribution in [0, 0.1) is 10.1 Å². The van der Waals surface area contributed by atoms with Crippen LogP contribution in [-0.4, -0.2) is 10.8 Å². The van der Waals surface area contributed by atoms with Crippen LogP contribution in [0.25, 0.3) is 0 Å². The van der Waals surface area contributed by atoms with Gasteiger partial charge in [-0.1, -0.05) is 27.5 Å². The maximum atomic E-state index is 12.2. The van der Waals surface area contributed by atoms with Gasteiger partial charge in [-0.25, -0.2) is 0 Å². The second-order valence-corrected chi connectivity index (χ2v) is 6.20. The normalized spacial score (nSPS) is 10.2. The number of nitro benzene ring substituents is 1. The van der Waals surface area contributed by atoms with Crippen molar-refractivity contribution in [3.8, 4) is 0 Å². The monoisotopic (exact) mass is 432 g/mol. The van der Waals surface area contributed by atoms with Crippen LogP contribution < -0.4 is 5.32 Å². The third-order valence-corrected chi connectivity index (χ3v) is 3.96. The lowest BCUT2D eigenvalue weighted by atomic mass is 10.2. The smallest absolute Gasteiger partial charge is 0.292 e. The summed E-state index contributed by atoms with van der Waals surface area (Å²) in [6.07, 6.45) is 0. The Hall–Kier alpha value is -1.44. The molecule has 108 valence electrons. The first-order valence-electron chi connectivity index (χ1n) is 5.59. The van der Waals surface area contributed by atoms with E-state index in [2.05, 4.69) is 37.2 Å². The number of amides is 1. The zero-order chi connectivity index (χ0) is 15.6. The number of halogens is 3. The van der Waals surface area contributed by atoms with Gasteiger partial charge in [-0.2, -0.15) is 0 Å². The van der Waals surface area contributed by atoms with E-state index in [1.54, 1.807) is 18.2 Å². The van der Waals surface area contributed by atoms with E-state index in [1.165, 1.54) is 18.2 Å². The van der Waals surface area contributed by atoms with Crippen molar-refractivity contribution in [1.29, 1.82) is 0 Å². The van der Waals surface area contributed by atoms with Crippen LogP contribution in [0.2, 0.25) is 5.02 Å². The van der Waals surface area contributed by atoms with E-state index in [1.807, 2.05) is 0 Å². The predicted octanol–water partition coefficient (Wildman–Crippen LogP) is 5.03. The molecule has 2 aromatic carbocycles. The van der Waals surface area contributed by atoms with Crippen molar-refractivity contribution in [2.24, 2.45) is 0 Å². The van der Waals surface area contributed by atoms with Gasteiger partial charge >= 0.3 is 0 Å². The fourth-order valence-corrected chi connectivity index (χ4v) is 3.03. The van der Waals surface area contributed by atoms with Crippen molar-refractivity contribution < 1.29 is 9.72 Å². The minimum atomic E-state index is -0.581. The summed E-state index contributed by atoms with van der Waals surface area (Å²) in [5.74, 6) is -0.472. The summed E-state index contributed by atoms with van der Waals surface area (Å²) in [4.78, 5) is 22.6. The Balaban J connectivity index is 2.35. The highest BCUT2D eigenvalue weighted by Gasteiger charge is 2.18. The van der Waals surface area contributed by atoms with Gasteiger partial charge in [0.05, 0.1) is 10.5 Å². The van der Waals surface area contributed by atoms with Crippen molar-refractivity contribution in [2.75, 3.05) is 5.32 Å². The van der Waals surface area contributed by atoms with Crippen LogP contribution in [-0.2, 0) is 0 Å². The Morgan fingerprint density at radius 3 is 2.52 bits per heavy atom. The van der Waals surface area contributed by atoms with Gasteiger partial charge in [-0.05, 0) is 46.3 Å². The lowest BCUT2D eigenvalue weighted by Gasteiger charge is -2.08. The standard InChI is InChI=1S/C13H7Br2ClN2O3/c14-7-1-3-9(10(15)5-7)13(19)17-11-6-8(16)2-4-12(11)18(20)21/h1-6H,(H,17,19). The molecule has 0 unspecified atom stereocenters. The number of carbonyl (C=O) groups excluding carboxylic acids is 1. The lowest BCUT2D eigenvalue weighted by Crippen LogP contribution is -2.13. The number of nitro groups is 1. The van der Waals surface area contributed by atoms with Crippen LogP contribution in [0.5, 0.6) is 0 Å². The van der Waals surface area contributed by atoms with Crippen LogP contribution in [0.1, 0.15) is 10.4 Å². The number of carbonyl (C=O) groups is 1. The molecule has 0 aliphatic carbocycles. The summed E-state index contributed by atoms with van der Waals surface area (Å²) in [5.41, 5.74) is 0.181. The molecule has 2 rings (SSSR count). The Bertz CT molecular complexity index is 737. The number of rotatable bonds is 3. The van der Waals surface area contributed by atoms with Gasteiger partial charge < -0.3 is 5.32 Å². The average Bonchev–Trinajstić information content (AvgIpc) is 2.37. The van der Waals surface area contributed by atoms with Gasteiger partial charge in [0, 0.05) is 20.0 Å². The largest absolute Gasteiger partial charge is 0.316 e. The summed E-state index contributed by atoms with van der Waals surface area (Å²) in [6, 6.07) is 8.98. The molecule has 8 heteroatoms. The lowest BCUT2D eigenvalue weighted by molar-refractivity contribution is -0.383. The molecule has 0 atom stereocenters. The molecule has 2 aromatic rings. The van der Waals surface area contributed by atoms with E-state index in [4.69, 9.17) is 11.6 Å². The highest BCUT2D eigenvalue weighted by Crippen LogP contribution is 2.29. The van der Waals surface area contributed by atoms with Crippen LogP contribution in [0.3, 0.4) is 0 Å². The summed E-state index contributed by atoms with van der Waals surface area (Å²) >= 11 is 12.4. The third-order valence-electron chi connectivity index (χ3n) is 2.58. The Labute approximate surface area is 141 Å². The van der Waals surface area contributed by atoms with E-state index in [0.717, 1.165) is 4.47 Å². The fraction of sp³-hybridized carbons (Fsp3) is 0. The van der Waals surface area contributed by atoms with Gasteiger partial charge in [0.25, 0.3) is 11.6 Å². The van der Waals surface area contributed by atoms with Crippen molar-refractivity contribution in [3.05, 3.63) is 66.0 Å². The second kappa shape index (κ2) is 6.55. The van der Waals surface area contributed by atoms with Gasteiger partial charge in [0.1, 0.15) is 5.69 Å². The maximum absolute atomic E-state index is 12.2. The number of anilines is 1. The summed E-state index contributed by atoms with van der Waals surface area (Å²) < 4.78 is 1.37. The Morgan fingerprint density at radius 1 is 1.19 bits per heavy atom. The molecular formula is C13H7Br2ClN2O3. The molecule has 21 heavy (non-hydrogen) atoms. The van der Waals surface area contributed by atoms with Crippen molar-refractivity contribution >= 4 is 60.7 Å². The average molecular weight is 434 g/mol. The molecule has 0 aromatic heterocycles. The molecule has 0 saturated heterocycles. The minimum Gasteiger partial charge on any atom is -0.316 e. The van der Waals surface area contributed by atoms with Gasteiger partial charge in [0.2, 0.25) is 0 Å². The van der Waals surface area contributed by atoms with E-state index in [9.17, 15) is 14.9 Å². The molecular weight excluding hydrogens is 427 g/mol. The van der Waals surface area contributed by atoms with Gasteiger partial charge in [-0.15, -0.1) is 0 Å². The minimum absolute atomic E-state index is 0.0484. The quantitative estimate of drug-likeness (QED) is 0.544. The highest BCUT2D eigenvalue weighted by atomic mass is 79.9. The summed E-state index contributed by atoms with van der Waals surface area (Å²) in [6.45, 7) is 0. The molecule has 0 heterocycles. The molecule has 0 spiro atoms. The molecule has 1 N–H and O–H groups in total. The zero-order valence-electron chi connectivity index (χ0n) is 10.3. The molecule has 0 bridgehead atoms. The summed E-state index contributed by atoms with van der Waals surface area (Å²) in [5, 5.41) is 13.8. The van der Waals surface area contributed by atoms with Crippen LogP contribution >= 0.6 is 43.5 Å². The number of hydrogen-bond donors (Lipinski definition) is 1. The van der Waals surface area contributed by atoms with Crippen molar-refractivity contribution in [3.63, 3.8) is 0 Å². The van der Waals surface area contributed by atoms with E-state index >= 15 is 0 Å². The molecule has 0 fully saturated rings. The van der Waals surface area contributed by atoms with Crippen molar-refractivity contribution in [2.45, 2.75) is 0 Å². The third kappa shape index (κ3) is 3.81. The first kappa shape index (κ1) is 15.9. The molecule has 1 amide bonds. The molecule has 0 aliphatic heterocycles. The second-order valence-electron chi connectivity index (χ2n) is 4.00. The number of hydrogen-bond acceptors (Lipinski definition) is 3. The predicted molar refractivity (Wildman–Crippen MR) is 87.9 cm³/mol. The van der Waals surface area contributed by atoms with Crippen LogP contribution in [0.4, 0.5) is 11.4 Å².